The number of nitrogens with one attached hydrogen (secondary N) is 1. The Kier molecular flexibility index (Phi) is 5.41. The number of halogens is 1. The number of aromatic nitrogens is 1. The first-order valence-electron chi connectivity index (χ1n) is 9.19. The Morgan fingerprint density at radius 2 is 1.44 bits per heavy atom. The van der Waals surface area contributed by atoms with Crippen LogP contribution in [0, 0.1) is 0 Å². The molecule has 4 rings (SSSR count). The van der Waals surface area contributed by atoms with Crippen LogP contribution in [0.1, 0.15) is 27.7 Å². The van der Waals surface area contributed by atoms with E-state index in [2.05, 4.69) is 86.5 Å². The molecular weight excluding hydrogens is 402 g/mol. The van der Waals surface area contributed by atoms with Crippen LogP contribution in [0.4, 0.5) is 0 Å². The van der Waals surface area contributed by atoms with Gasteiger partial charge in [-0.25, -0.2) is 0 Å². The molecule has 1 aromatic heterocycles. The normalized spacial score (nSPS) is 15.3. The summed E-state index contributed by atoms with van der Waals surface area (Å²) in [5.41, 5.74) is 3.21. The SMILES string of the molecule is O=C(c1cc(Br)c[nH]1)N1CCN(C(c2ccccc2)c2ccccc2)CC1. The van der Waals surface area contributed by atoms with Crippen LogP contribution in [-0.4, -0.2) is 46.9 Å². The molecule has 1 aliphatic rings. The fourth-order valence-electron chi connectivity index (χ4n) is 3.73. The highest BCUT2D eigenvalue weighted by Crippen LogP contribution is 2.29. The van der Waals surface area contributed by atoms with Gasteiger partial charge in [0, 0.05) is 36.8 Å². The lowest BCUT2D eigenvalue weighted by atomic mass is 9.96. The van der Waals surface area contributed by atoms with Crippen molar-refractivity contribution >= 4 is 21.8 Å². The van der Waals surface area contributed by atoms with E-state index in [1.54, 1.807) is 6.20 Å². The second-order valence-corrected chi connectivity index (χ2v) is 7.70. The van der Waals surface area contributed by atoms with Gasteiger partial charge in [0.1, 0.15) is 5.69 Å². The first kappa shape index (κ1) is 18.0. The standard InChI is InChI=1S/C22H22BrN3O/c23-19-15-20(24-16-19)22(27)26-13-11-25(12-14-26)21(17-7-3-1-4-8-17)18-9-5-2-6-10-18/h1-10,15-16,21,24H,11-14H2. The molecule has 1 aliphatic heterocycles. The van der Waals surface area contributed by atoms with E-state index < -0.39 is 0 Å². The van der Waals surface area contributed by atoms with Crippen LogP contribution in [0.2, 0.25) is 0 Å². The van der Waals surface area contributed by atoms with Gasteiger partial charge in [0.15, 0.2) is 0 Å². The fourth-order valence-corrected chi connectivity index (χ4v) is 4.07. The van der Waals surface area contributed by atoms with Crippen LogP contribution >= 0.6 is 15.9 Å². The molecule has 138 valence electrons. The molecule has 0 spiro atoms. The van der Waals surface area contributed by atoms with E-state index in [0.717, 1.165) is 30.7 Å². The van der Waals surface area contributed by atoms with Gasteiger partial charge >= 0.3 is 0 Å². The molecule has 4 nitrogen and oxygen atoms in total. The predicted octanol–water partition coefficient (Wildman–Crippen LogP) is 4.32. The van der Waals surface area contributed by atoms with Crippen LogP contribution in [0.25, 0.3) is 0 Å². The molecule has 0 aliphatic carbocycles. The van der Waals surface area contributed by atoms with Gasteiger partial charge in [0.2, 0.25) is 0 Å². The summed E-state index contributed by atoms with van der Waals surface area (Å²) >= 11 is 3.39. The molecule has 1 N–H and O–H groups in total. The van der Waals surface area contributed by atoms with Crippen LogP contribution in [0.3, 0.4) is 0 Å². The molecule has 1 fully saturated rings. The first-order chi connectivity index (χ1) is 13.2. The Balaban J connectivity index is 1.51. The summed E-state index contributed by atoms with van der Waals surface area (Å²) in [4.78, 5) is 20.1. The van der Waals surface area contributed by atoms with Crippen LogP contribution in [0.5, 0.6) is 0 Å². The van der Waals surface area contributed by atoms with Crippen LogP contribution in [0.15, 0.2) is 77.4 Å². The quantitative estimate of drug-likeness (QED) is 0.678. The van der Waals surface area contributed by atoms with Crippen molar-refractivity contribution in [2.75, 3.05) is 26.2 Å². The van der Waals surface area contributed by atoms with Crippen LogP contribution < -0.4 is 0 Å². The zero-order chi connectivity index (χ0) is 18.6. The van der Waals surface area contributed by atoms with Gasteiger partial charge in [-0.05, 0) is 33.1 Å². The molecule has 0 atom stereocenters. The summed E-state index contributed by atoms with van der Waals surface area (Å²) < 4.78 is 0.901. The van der Waals surface area contributed by atoms with Crippen molar-refractivity contribution in [3.63, 3.8) is 0 Å². The Bertz CT molecular complexity index is 847. The minimum absolute atomic E-state index is 0.0660. The molecule has 0 saturated carbocycles. The molecule has 1 amide bonds. The summed E-state index contributed by atoms with van der Waals surface area (Å²) in [7, 11) is 0. The largest absolute Gasteiger partial charge is 0.356 e. The number of aromatic amines is 1. The Morgan fingerprint density at radius 1 is 0.889 bits per heavy atom. The lowest BCUT2D eigenvalue weighted by Gasteiger charge is -2.39. The highest BCUT2D eigenvalue weighted by atomic mass is 79.9. The molecule has 1 saturated heterocycles. The average molecular weight is 424 g/mol. The predicted molar refractivity (Wildman–Crippen MR) is 111 cm³/mol. The zero-order valence-electron chi connectivity index (χ0n) is 15.0. The number of amides is 1. The minimum Gasteiger partial charge on any atom is -0.356 e. The maximum absolute atomic E-state index is 12.7. The van der Waals surface area contributed by atoms with Gasteiger partial charge in [-0.15, -0.1) is 0 Å². The number of carbonyl (C=O) groups excluding carboxylic acids is 1. The smallest absolute Gasteiger partial charge is 0.270 e. The number of hydrogen-bond acceptors (Lipinski definition) is 2. The zero-order valence-corrected chi connectivity index (χ0v) is 16.6. The number of piperazine rings is 1. The second kappa shape index (κ2) is 8.11. The lowest BCUT2D eigenvalue weighted by Crippen LogP contribution is -2.49. The maximum Gasteiger partial charge on any atom is 0.270 e. The van der Waals surface area contributed by atoms with Crippen molar-refractivity contribution < 1.29 is 4.79 Å². The summed E-state index contributed by atoms with van der Waals surface area (Å²) in [5, 5.41) is 0. The Labute approximate surface area is 167 Å². The third-order valence-corrected chi connectivity index (χ3v) is 5.53. The second-order valence-electron chi connectivity index (χ2n) is 6.78. The first-order valence-corrected chi connectivity index (χ1v) is 9.99. The van der Waals surface area contributed by atoms with E-state index in [-0.39, 0.29) is 11.9 Å². The van der Waals surface area contributed by atoms with Crippen molar-refractivity contribution in [2.45, 2.75) is 6.04 Å². The van der Waals surface area contributed by atoms with E-state index in [1.807, 2.05) is 11.0 Å². The van der Waals surface area contributed by atoms with Gasteiger partial charge in [0.05, 0.1) is 6.04 Å². The number of H-pyrrole nitrogens is 1. The summed E-state index contributed by atoms with van der Waals surface area (Å²) in [6, 6.07) is 23.3. The summed E-state index contributed by atoms with van der Waals surface area (Å²) in [6.45, 7) is 3.15. The number of nitrogens with zero attached hydrogens (tertiary/aromatic N) is 2. The maximum atomic E-state index is 12.7. The van der Waals surface area contributed by atoms with E-state index >= 15 is 0 Å². The third kappa shape index (κ3) is 3.99. The van der Waals surface area contributed by atoms with Crippen molar-refractivity contribution in [3.8, 4) is 0 Å². The van der Waals surface area contributed by atoms with E-state index in [9.17, 15) is 4.79 Å². The summed E-state index contributed by atoms with van der Waals surface area (Å²) in [6.07, 6.45) is 1.80. The molecule has 0 bridgehead atoms. The fraction of sp³-hybridized carbons (Fsp3) is 0.227. The average Bonchev–Trinajstić information content (AvgIpc) is 3.16. The molecular formula is C22H22BrN3O. The van der Waals surface area contributed by atoms with E-state index in [4.69, 9.17) is 0 Å². The van der Waals surface area contributed by atoms with Gasteiger partial charge in [0.25, 0.3) is 5.91 Å². The number of carbonyl (C=O) groups is 1. The van der Waals surface area contributed by atoms with E-state index in [1.165, 1.54) is 11.1 Å². The molecule has 27 heavy (non-hydrogen) atoms. The monoisotopic (exact) mass is 423 g/mol. The molecule has 3 aromatic rings. The minimum atomic E-state index is 0.0660. The van der Waals surface area contributed by atoms with Gasteiger partial charge in [-0.1, -0.05) is 60.7 Å². The summed E-state index contributed by atoms with van der Waals surface area (Å²) in [5.74, 6) is 0.0660. The van der Waals surface area contributed by atoms with Crippen LogP contribution in [-0.2, 0) is 0 Å². The number of hydrogen-bond donors (Lipinski definition) is 1. The van der Waals surface area contributed by atoms with E-state index in [0.29, 0.717) is 5.69 Å². The molecule has 5 heteroatoms. The van der Waals surface area contributed by atoms with Crippen molar-refractivity contribution in [1.29, 1.82) is 0 Å². The molecule has 2 heterocycles. The molecule has 2 aromatic carbocycles. The Morgan fingerprint density at radius 3 is 1.93 bits per heavy atom. The molecule has 0 radical (unpaired) electrons. The number of rotatable bonds is 4. The highest BCUT2D eigenvalue weighted by Gasteiger charge is 2.28. The number of benzene rings is 2. The lowest BCUT2D eigenvalue weighted by molar-refractivity contribution is 0.0592. The van der Waals surface area contributed by atoms with Gasteiger partial charge in [-0.2, -0.15) is 0 Å². The Hall–Kier alpha value is -2.37. The third-order valence-electron chi connectivity index (χ3n) is 5.08. The van der Waals surface area contributed by atoms with Gasteiger partial charge in [-0.3, -0.25) is 9.69 Å². The van der Waals surface area contributed by atoms with Crippen molar-refractivity contribution in [1.82, 2.24) is 14.8 Å². The van der Waals surface area contributed by atoms with Crippen molar-refractivity contribution in [3.05, 3.63) is 94.2 Å². The van der Waals surface area contributed by atoms with Crippen molar-refractivity contribution in [2.24, 2.45) is 0 Å². The van der Waals surface area contributed by atoms with Gasteiger partial charge < -0.3 is 9.88 Å². The molecule has 0 unspecified atom stereocenters. The highest BCUT2D eigenvalue weighted by molar-refractivity contribution is 9.10. The topological polar surface area (TPSA) is 39.3 Å².